The molecule has 4 heteroatoms. The minimum Gasteiger partial charge on any atom is -0.507 e. The lowest BCUT2D eigenvalue weighted by Crippen LogP contribution is -2.12. The van der Waals surface area contributed by atoms with Gasteiger partial charge >= 0.3 is 0 Å². The SMILES string of the molecule is CC(C)(C)c1cc(-c2cc(-c3ccccc3)cc(-c3cc4ccccc4nn3)c2)nc(-c2cc3ccccc3cc2O)c1. The van der Waals surface area contributed by atoms with Gasteiger partial charge in [-0.2, -0.15) is 0 Å². The molecule has 5 aromatic carbocycles. The van der Waals surface area contributed by atoms with Crippen molar-refractivity contribution < 1.29 is 5.11 Å². The summed E-state index contributed by atoms with van der Waals surface area (Å²) >= 11 is 0. The van der Waals surface area contributed by atoms with E-state index in [4.69, 9.17) is 4.98 Å². The Balaban J connectivity index is 1.46. The van der Waals surface area contributed by atoms with Crippen molar-refractivity contribution in [2.24, 2.45) is 0 Å². The van der Waals surface area contributed by atoms with Gasteiger partial charge in [-0.3, -0.25) is 0 Å². The second-order valence-corrected chi connectivity index (χ2v) is 12.0. The third kappa shape index (κ3) is 5.24. The normalized spacial score (nSPS) is 11.7. The van der Waals surface area contributed by atoms with Crippen molar-refractivity contribution in [2.75, 3.05) is 0 Å². The van der Waals surface area contributed by atoms with Gasteiger partial charge in [-0.1, -0.05) is 93.6 Å². The number of aromatic hydroxyl groups is 1. The topological polar surface area (TPSA) is 58.9 Å². The van der Waals surface area contributed by atoms with E-state index >= 15 is 0 Å². The van der Waals surface area contributed by atoms with E-state index in [0.717, 1.165) is 66.6 Å². The first-order chi connectivity index (χ1) is 20.8. The van der Waals surface area contributed by atoms with Gasteiger partial charge in [0.25, 0.3) is 0 Å². The second kappa shape index (κ2) is 10.5. The van der Waals surface area contributed by atoms with E-state index in [2.05, 4.69) is 104 Å². The van der Waals surface area contributed by atoms with Gasteiger partial charge < -0.3 is 5.11 Å². The molecule has 0 spiro atoms. The summed E-state index contributed by atoms with van der Waals surface area (Å²) in [5, 5.41) is 23.3. The zero-order chi connectivity index (χ0) is 29.6. The molecule has 0 saturated carbocycles. The van der Waals surface area contributed by atoms with Gasteiger partial charge in [0.2, 0.25) is 0 Å². The van der Waals surface area contributed by atoms with Crippen molar-refractivity contribution in [3.8, 4) is 50.6 Å². The molecular weight excluding hydrogens is 526 g/mol. The number of aromatic nitrogens is 3. The van der Waals surface area contributed by atoms with Crippen LogP contribution in [0, 0.1) is 0 Å². The number of phenols is 1. The van der Waals surface area contributed by atoms with Crippen LogP contribution in [0.15, 0.2) is 127 Å². The highest BCUT2D eigenvalue weighted by Crippen LogP contribution is 2.38. The Hall–Kier alpha value is -5.35. The van der Waals surface area contributed by atoms with Gasteiger partial charge in [0.05, 0.1) is 22.6 Å². The smallest absolute Gasteiger partial charge is 0.125 e. The highest BCUT2D eigenvalue weighted by atomic mass is 16.3. The third-order valence-electron chi connectivity index (χ3n) is 7.96. The quantitative estimate of drug-likeness (QED) is 0.234. The van der Waals surface area contributed by atoms with Crippen molar-refractivity contribution in [1.82, 2.24) is 15.2 Å². The maximum absolute atomic E-state index is 11.1. The fourth-order valence-electron chi connectivity index (χ4n) is 5.53. The summed E-state index contributed by atoms with van der Waals surface area (Å²) in [7, 11) is 0. The molecular formula is C39H31N3O. The predicted octanol–water partition coefficient (Wildman–Crippen LogP) is 9.85. The van der Waals surface area contributed by atoms with Gasteiger partial charge in [-0.05, 0) is 87.5 Å². The van der Waals surface area contributed by atoms with Crippen molar-refractivity contribution in [2.45, 2.75) is 26.2 Å². The van der Waals surface area contributed by atoms with Crippen LogP contribution >= 0.6 is 0 Å². The van der Waals surface area contributed by atoms with Gasteiger partial charge in [-0.15, -0.1) is 10.2 Å². The first kappa shape index (κ1) is 26.5. The molecule has 0 aliphatic carbocycles. The van der Waals surface area contributed by atoms with E-state index in [9.17, 15) is 5.11 Å². The fraction of sp³-hybridized carbons (Fsp3) is 0.103. The summed E-state index contributed by atoms with van der Waals surface area (Å²) in [4.78, 5) is 5.18. The van der Waals surface area contributed by atoms with E-state index < -0.39 is 0 Å². The minimum atomic E-state index is -0.136. The van der Waals surface area contributed by atoms with E-state index in [1.54, 1.807) is 0 Å². The average Bonchev–Trinajstić information content (AvgIpc) is 3.03. The van der Waals surface area contributed by atoms with Crippen LogP contribution in [0.1, 0.15) is 26.3 Å². The number of nitrogens with zero attached hydrogens (tertiary/aromatic N) is 3. The average molecular weight is 558 g/mol. The third-order valence-corrected chi connectivity index (χ3v) is 7.96. The first-order valence-electron chi connectivity index (χ1n) is 14.5. The van der Waals surface area contributed by atoms with Crippen molar-refractivity contribution in [3.05, 3.63) is 133 Å². The highest BCUT2D eigenvalue weighted by Gasteiger charge is 2.20. The monoisotopic (exact) mass is 557 g/mol. The Labute approximate surface area is 251 Å². The zero-order valence-electron chi connectivity index (χ0n) is 24.4. The molecule has 0 fully saturated rings. The van der Waals surface area contributed by atoms with Crippen LogP contribution in [0.4, 0.5) is 0 Å². The van der Waals surface area contributed by atoms with Crippen LogP contribution < -0.4 is 0 Å². The lowest BCUT2D eigenvalue weighted by molar-refractivity contribution is 0.478. The largest absolute Gasteiger partial charge is 0.507 e. The molecule has 43 heavy (non-hydrogen) atoms. The molecule has 0 saturated heterocycles. The van der Waals surface area contributed by atoms with E-state index in [1.165, 1.54) is 0 Å². The summed E-state index contributed by atoms with van der Waals surface area (Å²) in [5.41, 5.74) is 9.07. The molecule has 7 aromatic rings. The molecule has 2 aromatic heterocycles. The van der Waals surface area contributed by atoms with Crippen LogP contribution in [0.25, 0.3) is 66.6 Å². The standard InChI is InChI=1S/C39H31N3O/c1-39(2,3)32-23-35(40-37(24-32)33-20-26-13-7-8-14-27(26)22-38(33)43)30-17-29(25-11-5-4-6-12-25)18-31(19-30)36-21-28-15-9-10-16-34(28)41-42-36/h4-24,43H,1-3H3. The molecule has 4 nitrogen and oxygen atoms in total. The van der Waals surface area contributed by atoms with Crippen molar-refractivity contribution >= 4 is 21.7 Å². The van der Waals surface area contributed by atoms with E-state index in [0.29, 0.717) is 5.56 Å². The first-order valence-corrected chi connectivity index (χ1v) is 14.5. The molecule has 0 unspecified atom stereocenters. The minimum absolute atomic E-state index is 0.136. The second-order valence-electron chi connectivity index (χ2n) is 12.0. The number of rotatable bonds is 4. The molecule has 0 aliphatic rings. The summed E-state index contributed by atoms with van der Waals surface area (Å²) in [5.74, 6) is 0.216. The summed E-state index contributed by atoms with van der Waals surface area (Å²) in [6.45, 7) is 6.60. The Kier molecular flexibility index (Phi) is 6.47. The van der Waals surface area contributed by atoms with Crippen LogP contribution in [0.5, 0.6) is 5.75 Å². The Morgan fingerprint density at radius 3 is 1.84 bits per heavy atom. The van der Waals surface area contributed by atoms with Gasteiger partial charge in [-0.25, -0.2) is 4.98 Å². The van der Waals surface area contributed by atoms with Gasteiger partial charge in [0, 0.05) is 22.1 Å². The maximum Gasteiger partial charge on any atom is 0.125 e. The van der Waals surface area contributed by atoms with E-state index in [1.807, 2.05) is 54.6 Å². The number of fused-ring (bicyclic) bond motifs is 2. The summed E-state index contributed by atoms with van der Waals surface area (Å²) in [6.07, 6.45) is 0. The molecule has 7 rings (SSSR count). The van der Waals surface area contributed by atoms with Crippen LogP contribution in [0.3, 0.4) is 0 Å². The van der Waals surface area contributed by atoms with Gasteiger partial charge in [0.15, 0.2) is 0 Å². The molecule has 2 heterocycles. The van der Waals surface area contributed by atoms with E-state index in [-0.39, 0.29) is 11.2 Å². The maximum atomic E-state index is 11.1. The van der Waals surface area contributed by atoms with Gasteiger partial charge in [0.1, 0.15) is 5.75 Å². The number of hydrogen-bond donors (Lipinski definition) is 1. The molecule has 0 radical (unpaired) electrons. The Morgan fingerprint density at radius 1 is 0.488 bits per heavy atom. The molecule has 0 aliphatic heterocycles. The molecule has 208 valence electrons. The number of pyridine rings is 1. The molecule has 1 N–H and O–H groups in total. The Morgan fingerprint density at radius 2 is 1.09 bits per heavy atom. The van der Waals surface area contributed by atoms with Crippen molar-refractivity contribution in [3.63, 3.8) is 0 Å². The van der Waals surface area contributed by atoms with Crippen LogP contribution in [0.2, 0.25) is 0 Å². The Bertz CT molecular complexity index is 2130. The summed E-state index contributed by atoms with van der Waals surface area (Å²) in [6, 6.07) is 43.2. The summed E-state index contributed by atoms with van der Waals surface area (Å²) < 4.78 is 0. The number of benzene rings is 5. The molecule has 0 bridgehead atoms. The van der Waals surface area contributed by atoms with Crippen LogP contribution in [-0.4, -0.2) is 20.3 Å². The number of hydrogen-bond acceptors (Lipinski definition) is 4. The predicted molar refractivity (Wildman–Crippen MR) is 177 cm³/mol. The number of phenolic OH excluding ortho intramolecular Hbond substituents is 1. The van der Waals surface area contributed by atoms with Crippen LogP contribution in [-0.2, 0) is 5.41 Å². The zero-order valence-corrected chi connectivity index (χ0v) is 24.4. The highest BCUT2D eigenvalue weighted by molar-refractivity contribution is 5.91. The lowest BCUT2D eigenvalue weighted by Gasteiger charge is -2.22. The lowest BCUT2D eigenvalue weighted by atomic mass is 9.85. The fourth-order valence-corrected chi connectivity index (χ4v) is 5.53. The van der Waals surface area contributed by atoms with Crippen molar-refractivity contribution in [1.29, 1.82) is 0 Å². The molecule has 0 atom stereocenters. The molecule has 0 amide bonds.